The molecule has 2 aromatic carbocycles. The lowest BCUT2D eigenvalue weighted by Gasteiger charge is -2.27. The molecule has 0 saturated heterocycles. The Morgan fingerprint density at radius 2 is 1.86 bits per heavy atom. The van der Waals surface area contributed by atoms with E-state index in [-0.39, 0.29) is 16.9 Å². The number of ether oxygens (including phenoxy) is 2. The lowest BCUT2D eigenvalue weighted by Crippen LogP contribution is -2.30. The number of carbonyl (C=O) groups excluding carboxylic acids is 1. The van der Waals surface area contributed by atoms with Crippen LogP contribution in [0.1, 0.15) is 44.2 Å². The molecular weight excluding hydrogens is 460 g/mol. The molecule has 0 radical (unpaired) electrons. The third-order valence-corrected chi connectivity index (χ3v) is 7.21. The summed E-state index contributed by atoms with van der Waals surface area (Å²) >= 11 is 1.44. The Morgan fingerprint density at radius 3 is 2.49 bits per heavy atom. The molecule has 35 heavy (non-hydrogen) atoms. The van der Waals surface area contributed by atoms with Crippen LogP contribution in [0.5, 0.6) is 5.75 Å². The number of alkyl carbamates (subject to hydrolysis) is 1. The van der Waals surface area contributed by atoms with E-state index in [1.165, 1.54) is 18.4 Å². The van der Waals surface area contributed by atoms with E-state index in [4.69, 9.17) is 9.47 Å². The summed E-state index contributed by atoms with van der Waals surface area (Å²) in [5.74, 6) is 0.903. The number of methoxy groups -OCH3 is 2. The lowest BCUT2D eigenvalue weighted by molar-refractivity contribution is 0.169. The van der Waals surface area contributed by atoms with Crippen molar-refractivity contribution in [3.8, 4) is 16.9 Å². The van der Waals surface area contributed by atoms with Gasteiger partial charge in [0.2, 0.25) is 0 Å². The molecule has 4 rings (SSSR count). The maximum absolute atomic E-state index is 12.7. The number of H-pyrrole nitrogens is 1. The standard InChI is InChI=1S/C28H32N2O4S/c1-16-13-21(33-5)22(23-20-11-12-35-25(20)26(31)30-24(16)23)18-9-7-17(8-10-18)19(14-28(2,3)4)15-29-27(32)34-6/h7-13,19H,14-15H2,1-6H3,(H,29,32)(H,30,31). The molecule has 0 bridgehead atoms. The zero-order valence-corrected chi connectivity index (χ0v) is 21.9. The Balaban J connectivity index is 1.83. The first-order chi connectivity index (χ1) is 16.6. The largest absolute Gasteiger partial charge is 0.496 e. The van der Waals surface area contributed by atoms with Crippen LogP contribution in [-0.4, -0.2) is 31.8 Å². The highest BCUT2D eigenvalue weighted by atomic mass is 32.1. The topological polar surface area (TPSA) is 80.4 Å². The van der Waals surface area contributed by atoms with Crippen LogP contribution in [0.15, 0.2) is 46.6 Å². The van der Waals surface area contributed by atoms with Gasteiger partial charge in [-0.05, 0) is 53.0 Å². The second-order valence-corrected chi connectivity index (χ2v) is 11.0. The molecule has 0 aliphatic heterocycles. The van der Waals surface area contributed by atoms with Crippen molar-refractivity contribution in [3.63, 3.8) is 0 Å². The number of thiophene rings is 1. The average Bonchev–Trinajstić information content (AvgIpc) is 3.32. The van der Waals surface area contributed by atoms with Gasteiger partial charge in [-0.3, -0.25) is 4.79 Å². The SMILES string of the molecule is COC(=O)NCC(CC(C)(C)C)c1ccc(-c2c(OC)cc(C)c3[nH]c(=O)c4sccc4c23)cc1. The molecule has 2 aromatic heterocycles. The number of rotatable bonds is 6. The molecule has 0 spiro atoms. The Morgan fingerprint density at radius 1 is 1.14 bits per heavy atom. The average molecular weight is 493 g/mol. The predicted molar refractivity (Wildman–Crippen MR) is 144 cm³/mol. The Kier molecular flexibility index (Phi) is 6.90. The quantitative estimate of drug-likeness (QED) is 0.318. The van der Waals surface area contributed by atoms with Gasteiger partial charge in [0.25, 0.3) is 5.56 Å². The number of pyridine rings is 1. The molecule has 2 heterocycles. The fourth-order valence-corrected chi connectivity index (χ4v) is 5.56. The molecular formula is C28H32N2O4S. The molecule has 1 amide bonds. The summed E-state index contributed by atoms with van der Waals surface area (Å²) in [6.45, 7) is 9.07. The van der Waals surface area contributed by atoms with Crippen LogP contribution in [-0.2, 0) is 4.74 Å². The minimum atomic E-state index is -0.426. The number of carbonyl (C=O) groups is 1. The molecule has 4 aromatic rings. The molecule has 1 unspecified atom stereocenters. The van der Waals surface area contributed by atoms with Gasteiger partial charge in [-0.25, -0.2) is 4.79 Å². The number of hydrogen-bond donors (Lipinski definition) is 2. The number of aromatic amines is 1. The van der Waals surface area contributed by atoms with Gasteiger partial charge in [-0.2, -0.15) is 0 Å². The van der Waals surface area contributed by atoms with E-state index < -0.39 is 6.09 Å². The second-order valence-electron chi connectivity index (χ2n) is 10.1. The molecule has 0 fully saturated rings. The minimum absolute atomic E-state index is 0.0693. The van der Waals surface area contributed by atoms with E-state index >= 15 is 0 Å². The molecule has 184 valence electrons. The highest BCUT2D eigenvalue weighted by Crippen LogP contribution is 2.42. The van der Waals surface area contributed by atoms with Gasteiger partial charge in [-0.1, -0.05) is 45.0 Å². The summed E-state index contributed by atoms with van der Waals surface area (Å²) in [7, 11) is 3.05. The number of aromatic nitrogens is 1. The van der Waals surface area contributed by atoms with E-state index in [1.54, 1.807) is 7.11 Å². The van der Waals surface area contributed by atoms with Crippen LogP contribution in [0.4, 0.5) is 4.79 Å². The minimum Gasteiger partial charge on any atom is -0.496 e. The van der Waals surface area contributed by atoms with Crippen molar-refractivity contribution in [1.29, 1.82) is 0 Å². The first-order valence-corrected chi connectivity index (χ1v) is 12.5. The van der Waals surface area contributed by atoms with Crippen LogP contribution in [0, 0.1) is 12.3 Å². The highest BCUT2D eigenvalue weighted by Gasteiger charge is 2.22. The van der Waals surface area contributed by atoms with Crippen molar-refractivity contribution >= 4 is 38.4 Å². The number of benzene rings is 2. The van der Waals surface area contributed by atoms with Gasteiger partial charge in [-0.15, -0.1) is 11.3 Å². The first-order valence-electron chi connectivity index (χ1n) is 11.7. The van der Waals surface area contributed by atoms with Crippen LogP contribution < -0.4 is 15.6 Å². The van der Waals surface area contributed by atoms with Crippen molar-refractivity contribution in [2.75, 3.05) is 20.8 Å². The number of aryl methyl sites for hydroxylation is 1. The van der Waals surface area contributed by atoms with E-state index in [0.717, 1.165) is 50.7 Å². The normalized spacial score (nSPS) is 12.6. The van der Waals surface area contributed by atoms with E-state index in [2.05, 4.69) is 55.3 Å². The summed E-state index contributed by atoms with van der Waals surface area (Å²) < 4.78 is 11.3. The van der Waals surface area contributed by atoms with Gasteiger partial charge in [0.15, 0.2) is 0 Å². The van der Waals surface area contributed by atoms with Gasteiger partial charge in [0.05, 0.1) is 19.7 Å². The number of hydrogen-bond acceptors (Lipinski definition) is 5. The van der Waals surface area contributed by atoms with Gasteiger partial charge in [0, 0.05) is 28.8 Å². The van der Waals surface area contributed by atoms with Crippen molar-refractivity contribution in [3.05, 3.63) is 63.3 Å². The molecule has 0 aliphatic rings. The number of nitrogens with one attached hydrogen (secondary N) is 2. The fraction of sp³-hybridized carbons (Fsp3) is 0.357. The summed E-state index contributed by atoms with van der Waals surface area (Å²) in [4.78, 5) is 27.5. The molecule has 7 heteroatoms. The van der Waals surface area contributed by atoms with Crippen molar-refractivity contribution in [2.24, 2.45) is 5.41 Å². The molecule has 2 N–H and O–H groups in total. The Hall–Kier alpha value is -3.32. The summed E-state index contributed by atoms with van der Waals surface area (Å²) in [6.07, 6.45) is 0.481. The predicted octanol–water partition coefficient (Wildman–Crippen LogP) is 6.60. The molecule has 6 nitrogen and oxygen atoms in total. The van der Waals surface area contributed by atoms with Gasteiger partial charge >= 0.3 is 6.09 Å². The third kappa shape index (κ3) is 5.05. The molecule has 0 saturated carbocycles. The molecule has 1 atom stereocenters. The van der Waals surface area contributed by atoms with Gasteiger partial charge in [0.1, 0.15) is 10.4 Å². The summed E-state index contributed by atoms with van der Waals surface area (Å²) in [5, 5.41) is 6.73. The third-order valence-electron chi connectivity index (χ3n) is 6.30. The lowest BCUT2D eigenvalue weighted by atomic mass is 9.81. The summed E-state index contributed by atoms with van der Waals surface area (Å²) in [6, 6.07) is 12.4. The highest BCUT2D eigenvalue weighted by molar-refractivity contribution is 7.17. The van der Waals surface area contributed by atoms with E-state index in [9.17, 15) is 9.59 Å². The van der Waals surface area contributed by atoms with E-state index in [1.807, 2.05) is 24.4 Å². The smallest absolute Gasteiger partial charge is 0.406 e. The zero-order valence-electron chi connectivity index (χ0n) is 21.1. The fourth-order valence-electron chi connectivity index (χ4n) is 4.76. The zero-order chi connectivity index (χ0) is 25.3. The van der Waals surface area contributed by atoms with Crippen LogP contribution in [0.3, 0.4) is 0 Å². The van der Waals surface area contributed by atoms with Crippen LogP contribution >= 0.6 is 11.3 Å². The Bertz CT molecular complexity index is 1430. The summed E-state index contributed by atoms with van der Waals surface area (Å²) in [5.41, 5.74) is 4.92. The number of fused-ring (bicyclic) bond motifs is 3. The van der Waals surface area contributed by atoms with E-state index in [0.29, 0.717) is 11.2 Å². The van der Waals surface area contributed by atoms with Crippen LogP contribution in [0.25, 0.3) is 32.1 Å². The Labute approximate surface area is 209 Å². The van der Waals surface area contributed by atoms with Crippen LogP contribution in [0.2, 0.25) is 0 Å². The maximum atomic E-state index is 12.7. The molecule has 0 aliphatic carbocycles. The maximum Gasteiger partial charge on any atom is 0.406 e. The van der Waals surface area contributed by atoms with Crippen molar-refractivity contribution < 1.29 is 14.3 Å². The van der Waals surface area contributed by atoms with Crippen molar-refractivity contribution in [2.45, 2.75) is 40.0 Å². The van der Waals surface area contributed by atoms with Crippen molar-refractivity contribution in [1.82, 2.24) is 10.3 Å². The second kappa shape index (κ2) is 9.74. The number of amides is 1. The van der Waals surface area contributed by atoms with Gasteiger partial charge < -0.3 is 19.8 Å². The monoisotopic (exact) mass is 492 g/mol. The first kappa shape index (κ1) is 24.8.